The highest BCUT2D eigenvalue weighted by Crippen LogP contribution is 2.24. The fourth-order valence-electron chi connectivity index (χ4n) is 1.20. The quantitative estimate of drug-likeness (QED) is 0.677. The Balaban J connectivity index is 2.94. The van der Waals surface area contributed by atoms with Crippen LogP contribution in [0.2, 0.25) is 5.02 Å². The standard InChI is InChI=1S/C8H8ClN3/c1-4-5(2)8-7(3-6(4)9)10-12-11-8/h3H,1-2H3,(H,10,11,12). The summed E-state index contributed by atoms with van der Waals surface area (Å²) in [7, 11) is 0. The first-order valence-electron chi connectivity index (χ1n) is 3.66. The number of aromatic amines is 1. The van der Waals surface area contributed by atoms with Crippen molar-refractivity contribution in [2.45, 2.75) is 13.8 Å². The monoisotopic (exact) mass is 181 g/mol. The molecule has 0 saturated carbocycles. The first-order chi connectivity index (χ1) is 5.70. The topological polar surface area (TPSA) is 41.6 Å². The van der Waals surface area contributed by atoms with E-state index in [1.54, 1.807) is 0 Å². The van der Waals surface area contributed by atoms with Crippen molar-refractivity contribution in [3.8, 4) is 0 Å². The van der Waals surface area contributed by atoms with E-state index in [1.165, 1.54) is 0 Å². The molecular formula is C8H8ClN3. The van der Waals surface area contributed by atoms with E-state index in [0.29, 0.717) is 0 Å². The van der Waals surface area contributed by atoms with Crippen LogP contribution >= 0.6 is 11.6 Å². The summed E-state index contributed by atoms with van der Waals surface area (Å²) < 4.78 is 0. The van der Waals surface area contributed by atoms with Crippen molar-refractivity contribution in [1.82, 2.24) is 15.4 Å². The Kier molecular flexibility index (Phi) is 1.54. The molecule has 1 heterocycles. The van der Waals surface area contributed by atoms with Crippen molar-refractivity contribution in [3.63, 3.8) is 0 Å². The molecule has 4 heteroatoms. The molecule has 0 aliphatic rings. The minimum Gasteiger partial charge on any atom is -0.197 e. The van der Waals surface area contributed by atoms with E-state index in [1.807, 2.05) is 19.9 Å². The second-order valence-corrected chi connectivity index (χ2v) is 3.21. The van der Waals surface area contributed by atoms with Gasteiger partial charge in [-0.1, -0.05) is 11.6 Å². The number of aryl methyl sites for hydroxylation is 1. The Bertz CT molecular complexity index is 433. The molecule has 3 nitrogen and oxygen atoms in total. The zero-order valence-electron chi connectivity index (χ0n) is 6.85. The van der Waals surface area contributed by atoms with Crippen LogP contribution in [-0.2, 0) is 0 Å². The summed E-state index contributed by atoms with van der Waals surface area (Å²) in [6.07, 6.45) is 0. The average Bonchev–Trinajstić information content (AvgIpc) is 2.48. The smallest absolute Gasteiger partial charge is 0.116 e. The predicted octanol–water partition coefficient (Wildman–Crippen LogP) is 2.23. The summed E-state index contributed by atoms with van der Waals surface area (Å²) in [5, 5.41) is 11.3. The minimum absolute atomic E-state index is 0.744. The molecule has 0 unspecified atom stereocenters. The summed E-state index contributed by atoms with van der Waals surface area (Å²) >= 11 is 5.97. The maximum absolute atomic E-state index is 5.97. The van der Waals surface area contributed by atoms with Crippen LogP contribution in [0.4, 0.5) is 0 Å². The number of hydrogen-bond donors (Lipinski definition) is 1. The van der Waals surface area contributed by atoms with Crippen molar-refractivity contribution in [3.05, 3.63) is 22.2 Å². The van der Waals surface area contributed by atoms with Crippen molar-refractivity contribution < 1.29 is 0 Å². The molecule has 0 aliphatic carbocycles. The van der Waals surface area contributed by atoms with Gasteiger partial charge in [-0.2, -0.15) is 15.4 Å². The number of aromatic nitrogens is 3. The van der Waals surface area contributed by atoms with Gasteiger partial charge < -0.3 is 0 Å². The highest BCUT2D eigenvalue weighted by atomic mass is 35.5. The lowest BCUT2D eigenvalue weighted by atomic mass is 10.1. The zero-order valence-corrected chi connectivity index (χ0v) is 7.61. The third kappa shape index (κ3) is 0.898. The highest BCUT2D eigenvalue weighted by molar-refractivity contribution is 6.32. The van der Waals surface area contributed by atoms with Crippen LogP contribution in [0.1, 0.15) is 11.1 Å². The van der Waals surface area contributed by atoms with E-state index >= 15 is 0 Å². The molecule has 2 aromatic rings. The first-order valence-corrected chi connectivity index (χ1v) is 4.04. The molecule has 12 heavy (non-hydrogen) atoms. The largest absolute Gasteiger partial charge is 0.197 e. The summed E-state index contributed by atoms with van der Waals surface area (Å²) in [5.74, 6) is 0. The van der Waals surface area contributed by atoms with Gasteiger partial charge in [-0.15, -0.1) is 0 Å². The van der Waals surface area contributed by atoms with Crippen LogP contribution in [0, 0.1) is 13.8 Å². The average molecular weight is 182 g/mol. The van der Waals surface area contributed by atoms with Gasteiger partial charge in [-0.05, 0) is 31.0 Å². The summed E-state index contributed by atoms with van der Waals surface area (Å²) in [4.78, 5) is 0. The molecule has 1 N–H and O–H groups in total. The SMILES string of the molecule is Cc1c(Cl)cc2n[nH]nc2c1C. The van der Waals surface area contributed by atoms with Crippen molar-refractivity contribution >= 4 is 22.6 Å². The number of fused-ring (bicyclic) bond motifs is 1. The minimum atomic E-state index is 0.744. The van der Waals surface area contributed by atoms with E-state index in [-0.39, 0.29) is 0 Å². The van der Waals surface area contributed by atoms with Crippen LogP contribution in [-0.4, -0.2) is 15.4 Å². The summed E-state index contributed by atoms with van der Waals surface area (Å²) in [5.41, 5.74) is 3.88. The Morgan fingerprint density at radius 3 is 2.75 bits per heavy atom. The first kappa shape index (κ1) is 7.55. The third-order valence-electron chi connectivity index (χ3n) is 2.11. The van der Waals surface area contributed by atoms with Gasteiger partial charge in [-0.25, -0.2) is 0 Å². The lowest BCUT2D eigenvalue weighted by Crippen LogP contribution is -1.84. The lowest BCUT2D eigenvalue weighted by molar-refractivity contribution is 0.958. The molecule has 0 atom stereocenters. The van der Waals surface area contributed by atoms with Gasteiger partial charge in [0.1, 0.15) is 11.0 Å². The fourth-order valence-corrected chi connectivity index (χ4v) is 1.45. The van der Waals surface area contributed by atoms with Crippen LogP contribution in [0.15, 0.2) is 6.07 Å². The number of rotatable bonds is 0. The van der Waals surface area contributed by atoms with Gasteiger partial charge in [0.05, 0.1) is 0 Å². The van der Waals surface area contributed by atoms with E-state index in [0.717, 1.165) is 27.2 Å². The number of halogens is 1. The second-order valence-electron chi connectivity index (χ2n) is 2.80. The van der Waals surface area contributed by atoms with Gasteiger partial charge >= 0.3 is 0 Å². The van der Waals surface area contributed by atoms with E-state index < -0.39 is 0 Å². The number of benzene rings is 1. The molecular weight excluding hydrogens is 174 g/mol. The Labute approximate surface area is 74.7 Å². The molecule has 1 aromatic heterocycles. The molecule has 62 valence electrons. The molecule has 0 radical (unpaired) electrons. The Morgan fingerprint density at radius 2 is 2.00 bits per heavy atom. The Morgan fingerprint density at radius 1 is 1.25 bits per heavy atom. The van der Waals surface area contributed by atoms with Crippen molar-refractivity contribution in [2.75, 3.05) is 0 Å². The maximum atomic E-state index is 5.97. The molecule has 0 amide bonds. The molecule has 1 aromatic carbocycles. The van der Waals surface area contributed by atoms with Gasteiger partial charge in [0.25, 0.3) is 0 Å². The Hall–Kier alpha value is -1.09. The molecule has 0 aliphatic heterocycles. The third-order valence-corrected chi connectivity index (χ3v) is 2.51. The lowest BCUT2D eigenvalue weighted by Gasteiger charge is -2.01. The summed E-state index contributed by atoms with van der Waals surface area (Å²) in [6.45, 7) is 3.97. The second kappa shape index (κ2) is 2.45. The summed E-state index contributed by atoms with van der Waals surface area (Å²) in [6, 6.07) is 1.82. The highest BCUT2D eigenvalue weighted by Gasteiger charge is 2.07. The predicted molar refractivity (Wildman–Crippen MR) is 48.4 cm³/mol. The normalized spacial score (nSPS) is 10.9. The van der Waals surface area contributed by atoms with Crippen molar-refractivity contribution in [1.29, 1.82) is 0 Å². The fraction of sp³-hybridized carbons (Fsp3) is 0.250. The van der Waals surface area contributed by atoms with Gasteiger partial charge in [0.15, 0.2) is 0 Å². The van der Waals surface area contributed by atoms with Crippen LogP contribution in [0.25, 0.3) is 11.0 Å². The van der Waals surface area contributed by atoms with Gasteiger partial charge in [0, 0.05) is 5.02 Å². The van der Waals surface area contributed by atoms with Gasteiger partial charge in [-0.3, -0.25) is 0 Å². The van der Waals surface area contributed by atoms with E-state index in [9.17, 15) is 0 Å². The zero-order chi connectivity index (χ0) is 8.72. The molecule has 0 spiro atoms. The number of nitrogens with one attached hydrogen (secondary N) is 1. The number of H-pyrrole nitrogens is 1. The van der Waals surface area contributed by atoms with E-state index in [4.69, 9.17) is 11.6 Å². The number of nitrogens with zero attached hydrogens (tertiary/aromatic N) is 2. The van der Waals surface area contributed by atoms with E-state index in [2.05, 4.69) is 15.4 Å². The molecule has 0 fully saturated rings. The molecule has 0 bridgehead atoms. The van der Waals surface area contributed by atoms with Crippen molar-refractivity contribution in [2.24, 2.45) is 0 Å². The van der Waals surface area contributed by atoms with Crippen LogP contribution in [0.5, 0.6) is 0 Å². The maximum Gasteiger partial charge on any atom is 0.116 e. The van der Waals surface area contributed by atoms with Crippen LogP contribution < -0.4 is 0 Å². The van der Waals surface area contributed by atoms with Gasteiger partial charge in [0.2, 0.25) is 0 Å². The van der Waals surface area contributed by atoms with Crippen LogP contribution in [0.3, 0.4) is 0 Å². The molecule has 2 rings (SSSR count). The molecule has 0 saturated heterocycles. The number of hydrogen-bond acceptors (Lipinski definition) is 2.